The third-order valence-electron chi connectivity index (χ3n) is 2.55. The molecule has 0 aliphatic heterocycles. The van der Waals surface area contributed by atoms with Crippen molar-refractivity contribution in [3.05, 3.63) is 35.4 Å². The van der Waals surface area contributed by atoms with Crippen LogP contribution in [0.1, 0.15) is 15.9 Å². The molecule has 1 aliphatic carbocycles. The van der Waals surface area contributed by atoms with Crippen molar-refractivity contribution in [1.29, 1.82) is 0 Å². The fraction of sp³-hybridized carbons (Fsp3) is 0.273. The highest BCUT2D eigenvalue weighted by Gasteiger charge is 2.30. The van der Waals surface area contributed by atoms with Crippen molar-refractivity contribution in [2.24, 2.45) is 11.7 Å². The van der Waals surface area contributed by atoms with Crippen LogP contribution in [-0.2, 0) is 11.2 Å². The van der Waals surface area contributed by atoms with E-state index < -0.39 is 6.09 Å². The van der Waals surface area contributed by atoms with Gasteiger partial charge in [-0.1, -0.05) is 24.3 Å². The topological polar surface area (TPSA) is 69.4 Å². The Labute approximate surface area is 87.0 Å². The highest BCUT2D eigenvalue weighted by atomic mass is 16.5. The molecule has 1 aliphatic rings. The van der Waals surface area contributed by atoms with Crippen molar-refractivity contribution in [3.8, 4) is 0 Å². The molecule has 0 saturated heterocycles. The predicted molar refractivity (Wildman–Crippen MR) is 53.5 cm³/mol. The standard InChI is InChI=1S/C11H11NO3/c12-11(14)15-6-8-5-7-3-1-2-4-9(7)10(8)13/h1-4,8H,5-6H2,(H2,12,14). The van der Waals surface area contributed by atoms with Crippen LogP contribution in [0.3, 0.4) is 0 Å². The van der Waals surface area contributed by atoms with E-state index in [2.05, 4.69) is 4.74 Å². The van der Waals surface area contributed by atoms with Crippen LogP contribution in [0.4, 0.5) is 4.79 Å². The summed E-state index contributed by atoms with van der Waals surface area (Å²) < 4.78 is 4.65. The second-order valence-electron chi connectivity index (χ2n) is 3.55. The molecule has 4 nitrogen and oxygen atoms in total. The molecule has 1 amide bonds. The van der Waals surface area contributed by atoms with Gasteiger partial charge in [-0.25, -0.2) is 4.79 Å². The number of fused-ring (bicyclic) bond motifs is 1. The van der Waals surface area contributed by atoms with Gasteiger partial charge in [0.25, 0.3) is 0 Å². The van der Waals surface area contributed by atoms with Crippen molar-refractivity contribution < 1.29 is 14.3 Å². The molecule has 0 saturated carbocycles. The van der Waals surface area contributed by atoms with E-state index in [1.54, 1.807) is 6.07 Å². The van der Waals surface area contributed by atoms with Gasteiger partial charge in [-0.05, 0) is 12.0 Å². The summed E-state index contributed by atoms with van der Waals surface area (Å²) in [5.74, 6) is -0.234. The number of hydrogen-bond acceptors (Lipinski definition) is 3. The molecule has 0 fully saturated rings. The number of ether oxygens (including phenoxy) is 1. The first-order valence-electron chi connectivity index (χ1n) is 4.73. The lowest BCUT2D eigenvalue weighted by atomic mass is 10.1. The zero-order valence-electron chi connectivity index (χ0n) is 8.10. The lowest BCUT2D eigenvalue weighted by Crippen LogP contribution is -2.22. The van der Waals surface area contributed by atoms with Gasteiger partial charge in [0.05, 0.1) is 5.92 Å². The van der Waals surface area contributed by atoms with Crippen molar-refractivity contribution in [1.82, 2.24) is 0 Å². The minimum Gasteiger partial charge on any atom is -0.449 e. The average molecular weight is 205 g/mol. The summed E-state index contributed by atoms with van der Waals surface area (Å²) in [6.45, 7) is 0.0723. The van der Waals surface area contributed by atoms with E-state index in [0.717, 1.165) is 11.1 Å². The van der Waals surface area contributed by atoms with E-state index in [0.29, 0.717) is 6.42 Å². The molecule has 1 aromatic rings. The number of primary amides is 1. The summed E-state index contributed by atoms with van der Waals surface area (Å²) in [5.41, 5.74) is 6.60. The maximum absolute atomic E-state index is 11.8. The van der Waals surface area contributed by atoms with Gasteiger partial charge < -0.3 is 10.5 Å². The van der Waals surface area contributed by atoms with Gasteiger partial charge in [0.2, 0.25) is 0 Å². The maximum Gasteiger partial charge on any atom is 0.404 e. The van der Waals surface area contributed by atoms with Crippen LogP contribution in [0.25, 0.3) is 0 Å². The summed E-state index contributed by atoms with van der Waals surface area (Å²) in [4.78, 5) is 22.2. The molecule has 4 heteroatoms. The van der Waals surface area contributed by atoms with Gasteiger partial charge in [0.1, 0.15) is 6.61 Å². The van der Waals surface area contributed by atoms with Gasteiger partial charge in [-0.2, -0.15) is 0 Å². The summed E-state index contributed by atoms with van der Waals surface area (Å²) in [6, 6.07) is 7.43. The molecule has 15 heavy (non-hydrogen) atoms. The van der Waals surface area contributed by atoms with E-state index in [1.165, 1.54) is 0 Å². The van der Waals surface area contributed by atoms with Crippen molar-refractivity contribution in [2.45, 2.75) is 6.42 Å². The highest BCUT2D eigenvalue weighted by Crippen LogP contribution is 2.26. The molecule has 2 N–H and O–H groups in total. The highest BCUT2D eigenvalue weighted by molar-refractivity contribution is 6.02. The lowest BCUT2D eigenvalue weighted by molar-refractivity contribution is 0.0850. The smallest absolute Gasteiger partial charge is 0.404 e. The minimum absolute atomic E-state index is 0.0341. The van der Waals surface area contributed by atoms with Crippen LogP contribution in [0.15, 0.2) is 24.3 Å². The zero-order chi connectivity index (χ0) is 10.8. The molecular formula is C11H11NO3. The Bertz CT molecular complexity index is 414. The Morgan fingerprint density at radius 2 is 2.20 bits per heavy atom. The largest absolute Gasteiger partial charge is 0.449 e. The lowest BCUT2D eigenvalue weighted by Gasteiger charge is -2.06. The summed E-state index contributed by atoms with van der Waals surface area (Å²) >= 11 is 0. The molecule has 0 aromatic heterocycles. The number of ketones is 1. The van der Waals surface area contributed by atoms with Crippen molar-refractivity contribution >= 4 is 11.9 Å². The molecule has 2 rings (SSSR count). The molecule has 0 spiro atoms. The van der Waals surface area contributed by atoms with Gasteiger partial charge >= 0.3 is 6.09 Å². The van der Waals surface area contributed by atoms with Gasteiger partial charge in [0.15, 0.2) is 5.78 Å². The second-order valence-corrected chi connectivity index (χ2v) is 3.55. The number of carbonyl (C=O) groups excluding carboxylic acids is 2. The first-order valence-corrected chi connectivity index (χ1v) is 4.73. The molecule has 1 aromatic carbocycles. The molecular weight excluding hydrogens is 194 g/mol. The maximum atomic E-state index is 11.8. The third-order valence-corrected chi connectivity index (χ3v) is 2.55. The molecule has 0 radical (unpaired) electrons. The minimum atomic E-state index is -0.834. The quantitative estimate of drug-likeness (QED) is 0.787. The molecule has 1 unspecified atom stereocenters. The number of rotatable bonds is 2. The number of hydrogen-bond donors (Lipinski definition) is 1. The molecule has 0 bridgehead atoms. The molecule has 78 valence electrons. The number of Topliss-reactive ketones (excluding diaryl/α,β-unsaturated/α-hetero) is 1. The van der Waals surface area contributed by atoms with Crippen LogP contribution in [-0.4, -0.2) is 18.5 Å². The van der Waals surface area contributed by atoms with E-state index >= 15 is 0 Å². The number of carbonyl (C=O) groups is 2. The van der Waals surface area contributed by atoms with Gasteiger partial charge in [0, 0.05) is 5.56 Å². The third kappa shape index (κ3) is 1.83. The summed E-state index contributed by atoms with van der Waals surface area (Å²) in [6.07, 6.45) is -0.207. The van der Waals surface area contributed by atoms with E-state index in [9.17, 15) is 9.59 Å². The first kappa shape index (κ1) is 9.71. The van der Waals surface area contributed by atoms with Crippen LogP contribution in [0.2, 0.25) is 0 Å². The zero-order valence-corrected chi connectivity index (χ0v) is 8.10. The number of benzene rings is 1. The number of nitrogens with two attached hydrogens (primary N) is 1. The summed E-state index contributed by atoms with van der Waals surface area (Å²) in [5, 5.41) is 0. The van der Waals surface area contributed by atoms with Gasteiger partial charge in [-0.3, -0.25) is 4.79 Å². The Hall–Kier alpha value is -1.84. The summed E-state index contributed by atoms with van der Waals surface area (Å²) in [7, 11) is 0. The fourth-order valence-electron chi connectivity index (χ4n) is 1.83. The Balaban J connectivity index is 2.10. The Kier molecular flexibility index (Phi) is 2.41. The molecule has 1 atom stereocenters. The number of amides is 1. The second kappa shape index (κ2) is 3.73. The predicted octanol–water partition coefficient (Wildman–Crippen LogP) is 1.14. The molecule has 0 heterocycles. The SMILES string of the molecule is NC(=O)OCC1Cc2ccccc2C1=O. The van der Waals surface area contributed by atoms with E-state index in [4.69, 9.17) is 5.73 Å². The average Bonchev–Trinajstić information content (AvgIpc) is 2.54. The van der Waals surface area contributed by atoms with Crippen LogP contribution in [0.5, 0.6) is 0 Å². The monoisotopic (exact) mass is 205 g/mol. The van der Waals surface area contributed by atoms with Crippen LogP contribution < -0.4 is 5.73 Å². The Morgan fingerprint density at radius 3 is 2.87 bits per heavy atom. The Morgan fingerprint density at radius 1 is 1.47 bits per heavy atom. The van der Waals surface area contributed by atoms with Gasteiger partial charge in [-0.15, -0.1) is 0 Å². The van der Waals surface area contributed by atoms with E-state index in [1.807, 2.05) is 18.2 Å². The van der Waals surface area contributed by atoms with E-state index in [-0.39, 0.29) is 18.3 Å². The first-order chi connectivity index (χ1) is 7.18. The van der Waals surface area contributed by atoms with Crippen molar-refractivity contribution in [2.75, 3.05) is 6.61 Å². The van der Waals surface area contributed by atoms with Crippen molar-refractivity contribution in [3.63, 3.8) is 0 Å². The normalized spacial score (nSPS) is 18.7. The van der Waals surface area contributed by atoms with Crippen LogP contribution >= 0.6 is 0 Å². The fourth-order valence-corrected chi connectivity index (χ4v) is 1.83. The van der Waals surface area contributed by atoms with Crippen LogP contribution in [0, 0.1) is 5.92 Å².